The molecular formula is C11H12O2. The summed E-state index contributed by atoms with van der Waals surface area (Å²) in [4.78, 5) is 11.1. The largest absolute Gasteiger partial charge is 0.450 e. The quantitative estimate of drug-likeness (QED) is 0.486. The van der Waals surface area contributed by atoms with Crippen molar-refractivity contribution in [3.05, 3.63) is 48.6 Å². The van der Waals surface area contributed by atoms with E-state index in [2.05, 4.69) is 6.58 Å². The second-order valence-electron chi connectivity index (χ2n) is 2.61. The highest BCUT2D eigenvalue weighted by Gasteiger charge is 2.20. The maximum Gasteiger partial charge on any atom is 0.338 e. The van der Waals surface area contributed by atoms with Crippen molar-refractivity contribution in [2.75, 3.05) is 0 Å². The molecule has 0 fully saturated rings. The van der Waals surface area contributed by atoms with E-state index in [-0.39, 0.29) is 12.1 Å². The molecule has 0 amide bonds. The monoisotopic (exact) mass is 176 g/mol. The summed E-state index contributed by atoms with van der Waals surface area (Å²) in [6, 6.07) is 0. The van der Waals surface area contributed by atoms with Crippen LogP contribution in [0.5, 0.6) is 0 Å². The van der Waals surface area contributed by atoms with Gasteiger partial charge in [-0.2, -0.15) is 0 Å². The van der Waals surface area contributed by atoms with Gasteiger partial charge in [-0.1, -0.05) is 30.9 Å². The molecule has 0 saturated carbocycles. The summed E-state index contributed by atoms with van der Waals surface area (Å²) in [6.07, 6.45) is 10.3. The van der Waals surface area contributed by atoms with E-state index in [0.29, 0.717) is 5.57 Å². The Hall–Kier alpha value is -1.57. The minimum Gasteiger partial charge on any atom is -0.450 e. The molecule has 68 valence electrons. The van der Waals surface area contributed by atoms with E-state index in [1.165, 1.54) is 0 Å². The molecule has 1 aliphatic heterocycles. The molecule has 13 heavy (non-hydrogen) atoms. The standard InChI is InChI=1S/C11H12O2/c1-3-5-7-10-8-9(6-4-2)11(12)13-10/h3-8,10H,1H2,2H3/b6-4+,7-5+. The fourth-order valence-electron chi connectivity index (χ4n) is 1.06. The number of cyclic esters (lactones) is 1. The summed E-state index contributed by atoms with van der Waals surface area (Å²) in [6.45, 7) is 5.40. The second-order valence-corrected chi connectivity index (χ2v) is 2.61. The Morgan fingerprint density at radius 1 is 1.62 bits per heavy atom. The van der Waals surface area contributed by atoms with Crippen molar-refractivity contribution in [3.8, 4) is 0 Å². The van der Waals surface area contributed by atoms with Crippen LogP contribution < -0.4 is 0 Å². The van der Waals surface area contributed by atoms with Gasteiger partial charge < -0.3 is 4.74 Å². The summed E-state index contributed by atoms with van der Waals surface area (Å²) < 4.78 is 5.01. The summed E-state index contributed by atoms with van der Waals surface area (Å²) in [5, 5.41) is 0. The van der Waals surface area contributed by atoms with Gasteiger partial charge >= 0.3 is 5.97 Å². The summed E-state index contributed by atoms with van der Waals surface area (Å²) >= 11 is 0. The first-order valence-corrected chi connectivity index (χ1v) is 4.12. The lowest BCUT2D eigenvalue weighted by Crippen LogP contribution is -2.04. The molecule has 0 bridgehead atoms. The van der Waals surface area contributed by atoms with Gasteiger partial charge in [-0.15, -0.1) is 0 Å². The first kappa shape index (κ1) is 9.52. The first-order chi connectivity index (χ1) is 6.27. The highest BCUT2D eigenvalue weighted by molar-refractivity contribution is 5.94. The van der Waals surface area contributed by atoms with Gasteiger partial charge in [0.1, 0.15) is 6.10 Å². The fourth-order valence-corrected chi connectivity index (χ4v) is 1.06. The normalized spacial score (nSPS) is 22.4. The molecule has 0 aliphatic carbocycles. The van der Waals surface area contributed by atoms with Gasteiger partial charge in [-0.3, -0.25) is 0 Å². The van der Waals surface area contributed by atoms with Gasteiger partial charge in [0.25, 0.3) is 0 Å². The number of hydrogen-bond acceptors (Lipinski definition) is 2. The third kappa shape index (κ3) is 2.44. The Labute approximate surface area is 77.9 Å². The van der Waals surface area contributed by atoms with E-state index in [4.69, 9.17) is 4.74 Å². The third-order valence-corrected chi connectivity index (χ3v) is 1.61. The summed E-state index contributed by atoms with van der Waals surface area (Å²) in [5.41, 5.74) is 0.612. The fraction of sp³-hybridized carbons (Fsp3) is 0.182. The average Bonchev–Trinajstić information content (AvgIpc) is 2.45. The zero-order valence-electron chi connectivity index (χ0n) is 7.57. The molecule has 0 N–H and O–H groups in total. The molecule has 2 heteroatoms. The molecule has 2 nitrogen and oxygen atoms in total. The number of ether oxygens (including phenoxy) is 1. The Kier molecular flexibility index (Phi) is 3.26. The smallest absolute Gasteiger partial charge is 0.338 e. The average molecular weight is 176 g/mol. The van der Waals surface area contributed by atoms with Crippen LogP contribution in [0, 0.1) is 0 Å². The molecule has 0 aromatic carbocycles. The van der Waals surface area contributed by atoms with Crippen LogP contribution in [-0.4, -0.2) is 12.1 Å². The third-order valence-electron chi connectivity index (χ3n) is 1.61. The number of carbonyl (C=O) groups is 1. The molecule has 0 spiro atoms. The Balaban J connectivity index is 2.71. The van der Waals surface area contributed by atoms with Crippen LogP contribution in [0.1, 0.15) is 6.92 Å². The van der Waals surface area contributed by atoms with E-state index < -0.39 is 0 Å². The van der Waals surface area contributed by atoms with Crippen LogP contribution in [0.15, 0.2) is 48.6 Å². The van der Waals surface area contributed by atoms with Gasteiger partial charge in [0.05, 0.1) is 5.57 Å². The maximum absolute atomic E-state index is 11.1. The van der Waals surface area contributed by atoms with Crippen LogP contribution in [0.4, 0.5) is 0 Å². The first-order valence-electron chi connectivity index (χ1n) is 4.12. The number of esters is 1. The maximum atomic E-state index is 11.1. The second kappa shape index (κ2) is 4.45. The van der Waals surface area contributed by atoms with Gasteiger partial charge in [0.2, 0.25) is 0 Å². The van der Waals surface area contributed by atoms with Gasteiger partial charge in [0.15, 0.2) is 0 Å². The number of carbonyl (C=O) groups excluding carboxylic acids is 1. The number of allylic oxidation sites excluding steroid dienone is 3. The topological polar surface area (TPSA) is 26.3 Å². The zero-order valence-corrected chi connectivity index (χ0v) is 7.57. The van der Waals surface area contributed by atoms with Crippen molar-refractivity contribution >= 4 is 5.97 Å². The highest BCUT2D eigenvalue weighted by atomic mass is 16.5. The minimum absolute atomic E-state index is 0.239. The summed E-state index contributed by atoms with van der Waals surface area (Å²) in [7, 11) is 0. The minimum atomic E-state index is -0.267. The predicted octanol–water partition coefficient (Wildman–Crippen LogP) is 2.16. The molecule has 0 saturated heterocycles. The number of hydrogen-bond donors (Lipinski definition) is 0. The Morgan fingerprint density at radius 2 is 2.38 bits per heavy atom. The molecule has 1 aliphatic rings. The SMILES string of the molecule is C=C/C=C/C1C=C(/C=C/C)C(=O)O1. The number of rotatable bonds is 3. The summed E-state index contributed by atoms with van der Waals surface area (Å²) in [5.74, 6) is -0.267. The predicted molar refractivity (Wildman–Crippen MR) is 52.1 cm³/mol. The van der Waals surface area contributed by atoms with E-state index >= 15 is 0 Å². The molecule has 1 unspecified atom stereocenters. The van der Waals surface area contributed by atoms with Crippen LogP contribution in [0.2, 0.25) is 0 Å². The van der Waals surface area contributed by atoms with Crippen molar-refractivity contribution in [2.45, 2.75) is 13.0 Å². The van der Waals surface area contributed by atoms with Crippen molar-refractivity contribution in [2.24, 2.45) is 0 Å². The molecule has 0 aromatic rings. The molecule has 1 rings (SSSR count). The van der Waals surface area contributed by atoms with Gasteiger partial charge in [-0.05, 0) is 19.1 Å². The van der Waals surface area contributed by atoms with Crippen molar-refractivity contribution in [1.29, 1.82) is 0 Å². The molecule has 0 aromatic heterocycles. The van der Waals surface area contributed by atoms with Gasteiger partial charge in [0, 0.05) is 0 Å². The van der Waals surface area contributed by atoms with Crippen molar-refractivity contribution in [3.63, 3.8) is 0 Å². The van der Waals surface area contributed by atoms with E-state index in [9.17, 15) is 4.79 Å². The van der Waals surface area contributed by atoms with Gasteiger partial charge in [-0.25, -0.2) is 4.79 Å². The molecule has 1 atom stereocenters. The Morgan fingerprint density at radius 3 is 3.00 bits per heavy atom. The van der Waals surface area contributed by atoms with Crippen LogP contribution in [-0.2, 0) is 9.53 Å². The van der Waals surface area contributed by atoms with E-state index in [1.807, 2.05) is 13.0 Å². The van der Waals surface area contributed by atoms with Crippen LogP contribution in [0.25, 0.3) is 0 Å². The molecular weight excluding hydrogens is 164 g/mol. The lowest BCUT2D eigenvalue weighted by atomic mass is 10.2. The van der Waals surface area contributed by atoms with Crippen LogP contribution in [0.3, 0.4) is 0 Å². The molecule has 0 radical (unpaired) electrons. The van der Waals surface area contributed by atoms with Crippen molar-refractivity contribution in [1.82, 2.24) is 0 Å². The lowest BCUT2D eigenvalue weighted by molar-refractivity contribution is -0.137. The molecule has 1 heterocycles. The zero-order chi connectivity index (χ0) is 9.68. The van der Waals surface area contributed by atoms with Crippen molar-refractivity contribution < 1.29 is 9.53 Å². The Bertz CT molecular complexity index is 295. The van der Waals surface area contributed by atoms with E-state index in [1.54, 1.807) is 30.4 Å². The van der Waals surface area contributed by atoms with Crippen LogP contribution >= 0.6 is 0 Å². The van der Waals surface area contributed by atoms with E-state index in [0.717, 1.165) is 0 Å². The highest BCUT2D eigenvalue weighted by Crippen LogP contribution is 2.15. The lowest BCUT2D eigenvalue weighted by Gasteiger charge is -1.99.